The fourth-order valence-corrected chi connectivity index (χ4v) is 2.56. The van der Waals surface area contributed by atoms with Crippen LogP contribution in [0.3, 0.4) is 0 Å². The third-order valence-electron chi connectivity index (χ3n) is 3.35. The van der Waals surface area contributed by atoms with Crippen molar-refractivity contribution in [3.05, 3.63) is 47.5 Å². The quantitative estimate of drug-likeness (QED) is 0.787. The molecular formula is C17H22O. The van der Waals surface area contributed by atoms with Gasteiger partial charge in [0, 0.05) is 0 Å². The maximum atomic E-state index is 10.5. The predicted molar refractivity (Wildman–Crippen MR) is 77.9 cm³/mol. The first-order chi connectivity index (χ1) is 8.21. The molecule has 2 aromatic rings. The highest BCUT2D eigenvalue weighted by atomic mass is 16.3. The van der Waals surface area contributed by atoms with Crippen LogP contribution in [0, 0.1) is 0 Å². The topological polar surface area (TPSA) is 20.2 Å². The van der Waals surface area contributed by atoms with Crippen LogP contribution < -0.4 is 0 Å². The molecule has 0 atom stereocenters. The van der Waals surface area contributed by atoms with Crippen molar-refractivity contribution in [1.82, 2.24) is 0 Å². The second-order valence-corrected chi connectivity index (χ2v) is 6.52. The van der Waals surface area contributed by atoms with Crippen LogP contribution in [-0.4, -0.2) is 5.11 Å². The van der Waals surface area contributed by atoms with E-state index >= 15 is 0 Å². The normalized spacial score (nSPS) is 13.0. The van der Waals surface area contributed by atoms with Gasteiger partial charge in [0.2, 0.25) is 0 Å². The molecule has 2 rings (SSSR count). The van der Waals surface area contributed by atoms with Crippen LogP contribution in [0.5, 0.6) is 0 Å². The smallest absolute Gasteiger partial charge is 0.0849 e. The van der Waals surface area contributed by atoms with Gasteiger partial charge in [0.05, 0.1) is 5.60 Å². The fraction of sp³-hybridized carbons (Fsp3) is 0.412. The van der Waals surface area contributed by atoms with E-state index in [2.05, 4.69) is 45.0 Å². The van der Waals surface area contributed by atoms with E-state index in [4.69, 9.17) is 0 Å². The third-order valence-corrected chi connectivity index (χ3v) is 3.35. The Bertz CT molecular complexity index is 568. The SMILES string of the molecule is CC(C)(C)c1ccc2ccccc2c1C(C)(C)O. The minimum Gasteiger partial charge on any atom is -0.386 e. The molecule has 0 spiro atoms. The maximum absolute atomic E-state index is 10.5. The van der Waals surface area contributed by atoms with Gasteiger partial charge in [0.25, 0.3) is 0 Å². The van der Waals surface area contributed by atoms with Crippen LogP contribution in [-0.2, 0) is 11.0 Å². The Hall–Kier alpha value is -1.34. The molecule has 0 saturated heterocycles. The zero-order valence-electron chi connectivity index (χ0n) is 11.9. The summed E-state index contributed by atoms with van der Waals surface area (Å²) in [6, 6.07) is 12.5. The molecule has 18 heavy (non-hydrogen) atoms. The molecule has 0 aliphatic rings. The lowest BCUT2D eigenvalue weighted by molar-refractivity contribution is 0.0782. The highest BCUT2D eigenvalue weighted by molar-refractivity contribution is 5.87. The lowest BCUT2D eigenvalue weighted by Gasteiger charge is -2.30. The molecule has 0 bridgehead atoms. The Kier molecular flexibility index (Phi) is 2.98. The lowest BCUT2D eigenvalue weighted by Crippen LogP contribution is -2.24. The monoisotopic (exact) mass is 242 g/mol. The van der Waals surface area contributed by atoms with Crippen molar-refractivity contribution >= 4 is 10.8 Å². The number of fused-ring (bicyclic) bond motifs is 1. The van der Waals surface area contributed by atoms with Gasteiger partial charge < -0.3 is 5.11 Å². The van der Waals surface area contributed by atoms with E-state index in [1.165, 1.54) is 10.9 Å². The Morgan fingerprint density at radius 1 is 0.833 bits per heavy atom. The summed E-state index contributed by atoms with van der Waals surface area (Å²) in [5.74, 6) is 0. The van der Waals surface area contributed by atoms with E-state index in [0.717, 1.165) is 10.9 Å². The van der Waals surface area contributed by atoms with Crippen molar-refractivity contribution in [1.29, 1.82) is 0 Å². The summed E-state index contributed by atoms with van der Waals surface area (Å²) in [7, 11) is 0. The van der Waals surface area contributed by atoms with Gasteiger partial charge in [-0.1, -0.05) is 57.2 Å². The summed E-state index contributed by atoms with van der Waals surface area (Å²) in [5, 5.41) is 12.9. The number of rotatable bonds is 1. The summed E-state index contributed by atoms with van der Waals surface area (Å²) in [4.78, 5) is 0. The molecule has 96 valence electrons. The largest absolute Gasteiger partial charge is 0.386 e. The summed E-state index contributed by atoms with van der Waals surface area (Å²) >= 11 is 0. The predicted octanol–water partition coefficient (Wildman–Crippen LogP) is 4.36. The Labute approximate surface area is 109 Å². The van der Waals surface area contributed by atoms with Crippen LogP contribution in [0.15, 0.2) is 36.4 Å². The van der Waals surface area contributed by atoms with E-state index in [0.29, 0.717) is 0 Å². The summed E-state index contributed by atoms with van der Waals surface area (Å²) in [6.07, 6.45) is 0. The first-order valence-electron chi connectivity index (χ1n) is 6.46. The van der Waals surface area contributed by atoms with Gasteiger partial charge in [-0.05, 0) is 41.2 Å². The Morgan fingerprint density at radius 3 is 2.00 bits per heavy atom. The van der Waals surface area contributed by atoms with Gasteiger partial charge in [-0.2, -0.15) is 0 Å². The van der Waals surface area contributed by atoms with E-state index in [-0.39, 0.29) is 5.41 Å². The molecule has 0 unspecified atom stereocenters. The van der Waals surface area contributed by atoms with Gasteiger partial charge >= 0.3 is 0 Å². The second-order valence-electron chi connectivity index (χ2n) is 6.52. The molecule has 0 amide bonds. The molecule has 0 aliphatic heterocycles. The summed E-state index contributed by atoms with van der Waals surface area (Å²) in [6.45, 7) is 10.3. The van der Waals surface area contributed by atoms with Gasteiger partial charge in [-0.3, -0.25) is 0 Å². The number of benzene rings is 2. The fourth-order valence-electron chi connectivity index (χ4n) is 2.56. The van der Waals surface area contributed by atoms with Crippen molar-refractivity contribution in [3.8, 4) is 0 Å². The molecular weight excluding hydrogens is 220 g/mol. The molecule has 2 aromatic carbocycles. The van der Waals surface area contributed by atoms with E-state index in [1.54, 1.807) is 0 Å². The van der Waals surface area contributed by atoms with Gasteiger partial charge in [0.1, 0.15) is 0 Å². The first kappa shape index (κ1) is 13.1. The van der Waals surface area contributed by atoms with E-state index in [9.17, 15) is 5.11 Å². The van der Waals surface area contributed by atoms with Gasteiger partial charge in [0.15, 0.2) is 0 Å². The van der Waals surface area contributed by atoms with Crippen LogP contribution >= 0.6 is 0 Å². The second kappa shape index (κ2) is 4.10. The van der Waals surface area contributed by atoms with Crippen molar-refractivity contribution in [2.24, 2.45) is 0 Å². The third kappa shape index (κ3) is 2.28. The van der Waals surface area contributed by atoms with Crippen molar-refractivity contribution in [3.63, 3.8) is 0 Å². The van der Waals surface area contributed by atoms with Crippen LogP contribution in [0.4, 0.5) is 0 Å². The lowest BCUT2D eigenvalue weighted by atomic mass is 9.77. The molecule has 0 heterocycles. The van der Waals surface area contributed by atoms with E-state index in [1.807, 2.05) is 26.0 Å². The number of aliphatic hydroxyl groups is 1. The molecule has 1 nitrogen and oxygen atoms in total. The van der Waals surface area contributed by atoms with Crippen LogP contribution in [0.2, 0.25) is 0 Å². The average molecular weight is 242 g/mol. The molecule has 0 saturated carbocycles. The Balaban J connectivity index is 2.89. The van der Waals surface area contributed by atoms with E-state index < -0.39 is 5.60 Å². The molecule has 1 N–H and O–H groups in total. The van der Waals surface area contributed by atoms with Crippen LogP contribution in [0.25, 0.3) is 10.8 Å². The molecule has 0 aromatic heterocycles. The Morgan fingerprint density at radius 2 is 1.44 bits per heavy atom. The average Bonchev–Trinajstić information content (AvgIpc) is 2.24. The molecule has 0 radical (unpaired) electrons. The molecule has 1 heteroatoms. The standard InChI is InChI=1S/C17H22O/c1-16(2,3)14-11-10-12-8-6-7-9-13(12)15(14)17(4,5)18/h6-11,18H,1-5H3. The minimum atomic E-state index is -0.830. The maximum Gasteiger partial charge on any atom is 0.0849 e. The highest BCUT2D eigenvalue weighted by Gasteiger charge is 2.28. The number of hydrogen-bond acceptors (Lipinski definition) is 1. The highest BCUT2D eigenvalue weighted by Crippen LogP contribution is 2.37. The van der Waals surface area contributed by atoms with Crippen molar-refractivity contribution in [2.45, 2.75) is 45.6 Å². The zero-order valence-corrected chi connectivity index (χ0v) is 11.9. The molecule has 0 fully saturated rings. The van der Waals surface area contributed by atoms with Gasteiger partial charge in [-0.25, -0.2) is 0 Å². The zero-order chi connectivity index (χ0) is 13.6. The first-order valence-corrected chi connectivity index (χ1v) is 6.46. The van der Waals surface area contributed by atoms with Crippen molar-refractivity contribution < 1.29 is 5.11 Å². The summed E-state index contributed by atoms with van der Waals surface area (Å²) in [5.41, 5.74) is 1.46. The van der Waals surface area contributed by atoms with Gasteiger partial charge in [-0.15, -0.1) is 0 Å². The molecule has 0 aliphatic carbocycles. The number of hydrogen-bond donors (Lipinski definition) is 1. The minimum absolute atomic E-state index is 0.0271. The van der Waals surface area contributed by atoms with Crippen LogP contribution in [0.1, 0.15) is 45.7 Å². The van der Waals surface area contributed by atoms with Crippen molar-refractivity contribution in [2.75, 3.05) is 0 Å². The summed E-state index contributed by atoms with van der Waals surface area (Å²) < 4.78 is 0.